The first-order chi connectivity index (χ1) is 12.0. The fraction of sp³-hybridized carbons (Fsp3) is 0.889. The number of fused-ring (bicyclic) bond motifs is 1. The molecule has 1 aliphatic heterocycles. The molecule has 4 bridgehead atoms. The molecule has 1 N–H and O–H groups in total. The highest BCUT2D eigenvalue weighted by molar-refractivity contribution is 5.84. The number of likely N-dealkylation sites (tertiary alicyclic amines) is 1. The Morgan fingerprint density at radius 1 is 1.24 bits per heavy atom. The number of aliphatic hydroxyl groups is 1. The van der Waals surface area contributed by atoms with Gasteiger partial charge < -0.3 is 10.0 Å². The highest BCUT2D eigenvalue weighted by Crippen LogP contribution is 2.60. The van der Waals surface area contributed by atoms with Crippen LogP contribution in [-0.4, -0.2) is 39.6 Å². The van der Waals surface area contributed by atoms with Crippen molar-refractivity contribution in [2.45, 2.75) is 68.7 Å². The Morgan fingerprint density at radius 2 is 1.96 bits per heavy atom. The largest absolute Gasteiger partial charge is 0.390 e. The smallest absolute Gasteiger partial charge is 0.233 e. The summed E-state index contributed by atoms with van der Waals surface area (Å²) in [5.41, 5.74) is 8.23. The van der Waals surface area contributed by atoms with Gasteiger partial charge in [0.05, 0.1) is 11.7 Å². The first kappa shape index (κ1) is 15.5. The number of nitriles is 1. The molecule has 0 aromatic rings. The topological polar surface area (TPSA) is 113 Å². The van der Waals surface area contributed by atoms with Gasteiger partial charge in [0, 0.05) is 16.9 Å². The minimum absolute atomic E-state index is 0.139. The lowest BCUT2D eigenvalue weighted by molar-refractivity contribution is -0.183. The molecule has 6 fully saturated rings. The van der Waals surface area contributed by atoms with Crippen LogP contribution in [0.25, 0.3) is 10.4 Å². The average Bonchev–Trinajstić information content (AvgIpc) is 3.22. The van der Waals surface area contributed by atoms with Gasteiger partial charge in [-0.25, -0.2) is 0 Å². The van der Waals surface area contributed by atoms with Crippen molar-refractivity contribution in [3.8, 4) is 6.07 Å². The third kappa shape index (κ3) is 2.14. The SMILES string of the molecule is N#C[C@@H]1C[C@@H]2C[C@@H]2N1C(=O)[C@@H](N=[N+]=[N-])C1C2CC3CC(C2)CC1(O)C3. The summed E-state index contributed by atoms with van der Waals surface area (Å²) in [6.45, 7) is 0. The summed E-state index contributed by atoms with van der Waals surface area (Å²) in [6, 6.07) is 1.11. The molecule has 1 saturated heterocycles. The van der Waals surface area contributed by atoms with Crippen LogP contribution in [0.15, 0.2) is 5.11 Å². The Labute approximate surface area is 146 Å². The van der Waals surface area contributed by atoms with E-state index in [1.165, 1.54) is 6.42 Å². The average molecular weight is 341 g/mol. The van der Waals surface area contributed by atoms with Crippen LogP contribution in [0.3, 0.4) is 0 Å². The summed E-state index contributed by atoms with van der Waals surface area (Å²) in [7, 11) is 0. The van der Waals surface area contributed by atoms with Crippen LogP contribution in [0, 0.1) is 40.9 Å². The van der Waals surface area contributed by atoms with E-state index in [1.807, 2.05) is 0 Å². The number of hydrogen-bond acceptors (Lipinski definition) is 4. The number of azide groups is 1. The van der Waals surface area contributed by atoms with Crippen LogP contribution in [0.4, 0.5) is 0 Å². The van der Waals surface area contributed by atoms with E-state index >= 15 is 0 Å². The number of hydrogen-bond donors (Lipinski definition) is 1. The molecule has 0 spiro atoms. The molecule has 7 nitrogen and oxygen atoms in total. The van der Waals surface area contributed by atoms with Crippen molar-refractivity contribution < 1.29 is 9.90 Å². The lowest BCUT2D eigenvalue weighted by atomic mass is 9.48. The van der Waals surface area contributed by atoms with E-state index in [0.29, 0.717) is 17.8 Å². The second-order valence-corrected chi connectivity index (χ2v) is 9.08. The lowest BCUT2D eigenvalue weighted by Crippen LogP contribution is -2.62. The maximum atomic E-state index is 13.3. The van der Waals surface area contributed by atoms with E-state index in [2.05, 4.69) is 16.1 Å². The summed E-state index contributed by atoms with van der Waals surface area (Å²) in [4.78, 5) is 18.0. The lowest BCUT2D eigenvalue weighted by Gasteiger charge is -2.60. The Balaban J connectivity index is 1.48. The van der Waals surface area contributed by atoms with Crippen molar-refractivity contribution in [2.24, 2.45) is 34.7 Å². The van der Waals surface area contributed by atoms with Crippen LogP contribution < -0.4 is 0 Å². The number of rotatable bonds is 3. The standard InChI is InChI=1S/C18H23N5O2/c19-8-13-4-11-5-14(11)23(13)17(24)16(21-22-20)15-12-2-9-1-10(3-12)7-18(15,25)6-9/h9-16,25H,1-7H2/t9?,10?,11-,12?,13+,14+,15?,16+,18?/m1/s1. The second kappa shape index (κ2) is 5.12. The molecular formula is C18H23N5O2. The van der Waals surface area contributed by atoms with E-state index in [0.717, 1.165) is 38.5 Å². The molecule has 7 heteroatoms. The molecule has 132 valence electrons. The minimum Gasteiger partial charge on any atom is -0.390 e. The van der Waals surface area contributed by atoms with Gasteiger partial charge >= 0.3 is 0 Å². The molecule has 25 heavy (non-hydrogen) atoms. The predicted octanol–water partition coefficient (Wildman–Crippen LogP) is 2.37. The van der Waals surface area contributed by atoms with Gasteiger partial charge in [0.15, 0.2) is 0 Å². The second-order valence-electron chi connectivity index (χ2n) is 9.08. The fourth-order valence-corrected chi connectivity index (χ4v) is 6.96. The highest BCUT2D eigenvalue weighted by atomic mass is 16.3. The van der Waals surface area contributed by atoms with Crippen LogP contribution in [0.5, 0.6) is 0 Å². The van der Waals surface area contributed by atoms with Crippen molar-refractivity contribution in [3.63, 3.8) is 0 Å². The predicted molar refractivity (Wildman–Crippen MR) is 87.7 cm³/mol. The number of nitrogens with zero attached hydrogens (tertiary/aromatic N) is 5. The van der Waals surface area contributed by atoms with E-state index in [1.54, 1.807) is 4.90 Å². The molecule has 0 aromatic carbocycles. The van der Waals surface area contributed by atoms with Gasteiger partial charge in [-0.2, -0.15) is 5.26 Å². The maximum Gasteiger partial charge on any atom is 0.233 e. The van der Waals surface area contributed by atoms with Gasteiger partial charge in [-0.1, -0.05) is 5.11 Å². The van der Waals surface area contributed by atoms with E-state index in [9.17, 15) is 15.2 Å². The third-order valence-corrected chi connectivity index (χ3v) is 7.63. The molecule has 0 radical (unpaired) electrons. The van der Waals surface area contributed by atoms with E-state index < -0.39 is 17.7 Å². The summed E-state index contributed by atoms with van der Waals surface area (Å²) < 4.78 is 0. The van der Waals surface area contributed by atoms with Gasteiger partial charge in [0.2, 0.25) is 5.91 Å². The number of amides is 1. The van der Waals surface area contributed by atoms with E-state index in [4.69, 9.17) is 5.53 Å². The van der Waals surface area contributed by atoms with Gasteiger partial charge in [0.25, 0.3) is 0 Å². The fourth-order valence-electron chi connectivity index (χ4n) is 6.96. The Hall–Kier alpha value is -1.77. The zero-order valence-electron chi connectivity index (χ0n) is 14.2. The summed E-state index contributed by atoms with van der Waals surface area (Å²) in [5, 5.41) is 24.6. The molecule has 1 amide bonds. The first-order valence-corrected chi connectivity index (χ1v) is 9.52. The van der Waals surface area contributed by atoms with Gasteiger partial charge in [0.1, 0.15) is 12.1 Å². The third-order valence-electron chi connectivity index (χ3n) is 7.63. The molecule has 1 heterocycles. The molecule has 5 saturated carbocycles. The molecule has 6 rings (SSSR count). The molecule has 6 aliphatic rings. The Kier molecular flexibility index (Phi) is 3.17. The van der Waals surface area contributed by atoms with Crippen molar-refractivity contribution in [3.05, 3.63) is 10.4 Å². The molecule has 5 aliphatic carbocycles. The summed E-state index contributed by atoms with van der Waals surface area (Å²) in [6.07, 6.45) is 6.39. The normalized spacial score (nSPS) is 49.9. The molecule has 3 unspecified atom stereocenters. The van der Waals surface area contributed by atoms with Crippen LogP contribution in [0.1, 0.15) is 44.9 Å². The number of piperidine rings is 1. The van der Waals surface area contributed by atoms with Crippen molar-refractivity contribution in [1.29, 1.82) is 5.26 Å². The van der Waals surface area contributed by atoms with Crippen molar-refractivity contribution in [1.82, 2.24) is 4.90 Å². The zero-order chi connectivity index (χ0) is 17.3. The summed E-state index contributed by atoms with van der Waals surface area (Å²) >= 11 is 0. The van der Waals surface area contributed by atoms with Crippen molar-refractivity contribution in [2.75, 3.05) is 0 Å². The molecule has 0 aromatic heterocycles. The number of carbonyl (C=O) groups excluding carboxylic acids is 1. The number of carbonyl (C=O) groups is 1. The quantitative estimate of drug-likeness (QED) is 0.483. The molecular weight excluding hydrogens is 318 g/mol. The minimum atomic E-state index is -0.881. The Morgan fingerprint density at radius 3 is 2.56 bits per heavy atom. The van der Waals surface area contributed by atoms with Gasteiger partial charge in [-0.3, -0.25) is 4.79 Å². The van der Waals surface area contributed by atoms with Crippen LogP contribution >= 0.6 is 0 Å². The monoisotopic (exact) mass is 341 g/mol. The van der Waals surface area contributed by atoms with Gasteiger partial charge in [-0.05, 0) is 74.1 Å². The zero-order valence-corrected chi connectivity index (χ0v) is 14.2. The Bertz CT molecular complexity index is 697. The van der Waals surface area contributed by atoms with Crippen LogP contribution in [-0.2, 0) is 4.79 Å². The first-order valence-electron chi connectivity index (χ1n) is 9.52. The molecule has 7 atom stereocenters. The highest BCUT2D eigenvalue weighted by Gasteiger charge is 2.62. The van der Waals surface area contributed by atoms with Gasteiger partial charge in [-0.15, -0.1) is 0 Å². The maximum absolute atomic E-state index is 13.3. The summed E-state index contributed by atoms with van der Waals surface area (Å²) in [5.74, 6) is 1.27. The van der Waals surface area contributed by atoms with Crippen molar-refractivity contribution >= 4 is 5.91 Å². The van der Waals surface area contributed by atoms with E-state index in [-0.39, 0.29) is 23.8 Å². The van der Waals surface area contributed by atoms with Crippen LogP contribution in [0.2, 0.25) is 0 Å².